The summed E-state index contributed by atoms with van der Waals surface area (Å²) in [4.78, 5) is 30.4. The molecular weight excluding hydrogens is 707 g/mol. The molecule has 7 aliphatic rings. The zero-order valence-corrected chi connectivity index (χ0v) is 38.0. The molecule has 0 aromatic rings. The van der Waals surface area contributed by atoms with E-state index in [0.717, 1.165) is 43.7 Å². The molecule has 0 amide bonds. The molecule has 0 spiro atoms. The van der Waals surface area contributed by atoms with Gasteiger partial charge in [-0.15, -0.1) is 0 Å². The van der Waals surface area contributed by atoms with Crippen LogP contribution < -0.4 is 5.32 Å². The molecule has 1 aliphatic heterocycles. The van der Waals surface area contributed by atoms with Crippen LogP contribution in [0.25, 0.3) is 0 Å². The molecule has 1 unspecified atom stereocenters. The van der Waals surface area contributed by atoms with E-state index in [9.17, 15) is 14.7 Å². The summed E-state index contributed by atoms with van der Waals surface area (Å²) in [5.41, 5.74) is 1.42. The van der Waals surface area contributed by atoms with Gasteiger partial charge in [0.2, 0.25) is 0 Å². The van der Waals surface area contributed by atoms with Gasteiger partial charge in [-0.2, -0.15) is 0 Å². The lowest BCUT2D eigenvalue weighted by atomic mass is 9.32. The van der Waals surface area contributed by atoms with Crippen LogP contribution in [0.5, 0.6) is 0 Å². The summed E-state index contributed by atoms with van der Waals surface area (Å²) < 4.78 is 6.23. The van der Waals surface area contributed by atoms with Crippen molar-refractivity contribution in [1.29, 1.82) is 0 Å². The van der Waals surface area contributed by atoms with E-state index >= 15 is 0 Å². The number of nitrogens with one attached hydrogen (secondary N) is 1. The Morgan fingerprint density at radius 1 is 0.789 bits per heavy atom. The Kier molecular flexibility index (Phi) is 12.6. The van der Waals surface area contributed by atoms with E-state index in [2.05, 4.69) is 63.2 Å². The van der Waals surface area contributed by atoms with Gasteiger partial charge in [0.15, 0.2) is 0 Å². The SMILES string of the molecule is C=C(C)C1CC[C@]2(CCNCCN3CCN(CC4CCCCC4)CC3)CC[C@]3(C)[C@H](CC[C@@H]4[C@@]5(C)CC[C@H](OC(=O)CC(C)(C)C(=O)O)C(C)(C)[C@@H]5CC[C@]43C)[C@@H]12. The number of fused-ring (bicyclic) bond motifs is 7. The van der Waals surface area contributed by atoms with E-state index < -0.39 is 11.4 Å². The minimum absolute atomic E-state index is 0.0843. The van der Waals surface area contributed by atoms with Crippen LogP contribution in [0.3, 0.4) is 0 Å². The first kappa shape index (κ1) is 43.6. The van der Waals surface area contributed by atoms with Gasteiger partial charge in [-0.3, -0.25) is 14.5 Å². The number of carbonyl (C=O) groups is 2. The number of carboxylic acids is 1. The Labute approximate surface area is 348 Å². The van der Waals surface area contributed by atoms with Crippen LogP contribution in [0.15, 0.2) is 12.2 Å². The van der Waals surface area contributed by atoms with Crippen molar-refractivity contribution < 1.29 is 19.4 Å². The van der Waals surface area contributed by atoms with Gasteiger partial charge >= 0.3 is 11.9 Å². The van der Waals surface area contributed by atoms with E-state index in [4.69, 9.17) is 4.74 Å². The topological polar surface area (TPSA) is 82.1 Å². The number of hydrogen-bond acceptors (Lipinski definition) is 6. The van der Waals surface area contributed by atoms with Crippen molar-refractivity contribution in [2.75, 3.05) is 52.4 Å². The molecule has 0 radical (unpaired) electrons. The summed E-state index contributed by atoms with van der Waals surface area (Å²) in [6.45, 7) is 32.8. The Hall–Kier alpha value is -1.44. The Bertz CT molecular complexity index is 1460. The third-order valence-electron chi connectivity index (χ3n) is 19.7. The highest BCUT2D eigenvalue weighted by Crippen LogP contribution is 2.78. The second-order valence-corrected chi connectivity index (χ2v) is 23.4. The molecule has 0 bridgehead atoms. The maximum Gasteiger partial charge on any atom is 0.309 e. The number of allylic oxidation sites excluding steroid dienone is 1. The van der Waals surface area contributed by atoms with Crippen LogP contribution in [-0.4, -0.2) is 85.3 Å². The Morgan fingerprint density at radius 3 is 2.18 bits per heavy atom. The minimum Gasteiger partial charge on any atom is -0.481 e. The molecule has 0 aromatic heterocycles. The number of carboxylic acid groups (broad SMARTS) is 1. The number of nitrogens with zero attached hydrogens (tertiary/aromatic N) is 2. The summed E-state index contributed by atoms with van der Waals surface area (Å²) in [5.74, 6) is 2.95. The molecule has 6 saturated carbocycles. The number of aliphatic carboxylic acids is 1. The third kappa shape index (κ3) is 7.97. The molecule has 7 heteroatoms. The molecule has 10 atom stereocenters. The number of hydrogen-bond donors (Lipinski definition) is 2. The number of carbonyl (C=O) groups excluding carboxylic acids is 1. The van der Waals surface area contributed by atoms with Crippen molar-refractivity contribution in [2.24, 2.45) is 68.0 Å². The molecule has 6 aliphatic carbocycles. The fourth-order valence-corrected chi connectivity index (χ4v) is 16.2. The van der Waals surface area contributed by atoms with Gasteiger partial charge in [0.05, 0.1) is 11.8 Å². The second kappa shape index (κ2) is 16.4. The van der Waals surface area contributed by atoms with Gasteiger partial charge < -0.3 is 20.1 Å². The quantitative estimate of drug-likeness (QED) is 0.109. The lowest BCUT2D eigenvalue weighted by Gasteiger charge is -2.73. The molecule has 2 N–H and O–H groups in total. The van der Waals surface area contributed by atoms with Crippen LogP contribution in [0.4, 0.5) is 0 Å². The van der Waals surface area contributed by atoms with Crippen molar-refractivity contribution in [1.82, 2.24) is 15.1 Å². The first-order valence-electron chi connectivity index (χ1n) is 24.1. The van der Waals surface area contributed by atoms with E-state index in [-0.39, 0.29) is 29.3 Å². The largest absolute Gasteiger partial charge is 0.481 e. The second-order valence-electron chi connectivity index (χ2n) is 23.4. The zero-order valence-electron chi connectivity index (χ0n) is 38.0. The molecule has 57 heavy (non-hydrogen) atoms. The predicted octanol–water partition coefficient (Wildman–Crippen LogP) is 10.2. The summed E-state index contributed by atoms with van der Waals surface area (Å²) in [6.07, 6.45) is 20.9. The van der Waals surface area contributed by atoms with Crippen molar-refractivity contribution in [3.8, 4) is 0 Å². The van der Waals surface area contributed by atoms with Gasteiger partial charge in [-0.1, -0.05) is 66.0 Å². The van der Waals surface area contributed by atoms with E-state index in [0.29, 0.717) is 34.0 Å². The number of esters is 1. The Balaban J connectivity index is 0.976. The summed E-state index contributed by atoms with van der Waals surface area (Å²) >= 11 is 0. The molecule has 324 valence electrons. The Morgan fingerprint density at radius 2 is 1.49 bits per heavy atom. The molecular formula is C50H85N3O4. The van der Waals surface area contributed by atoms with E-state index in [1.54, 1.807) is 13.8 Å². The lowest BCUT2D eigenvalue weighted by molar-refractivity contribution is -0.250. The highest BCUT2D eigenvalue weighted by atomic mass is 16.5. The van der Waals surface area contributed by atoms with Crippen molar-refractivity contribution in [3.63, 3.8) is 0 Å². The molecule has 0 aromatic carbocycles. The van der Waals surface area contributed by atoms with Gasteiger partial charge in [0.25, 0.3) is 0 Å². The maximum absolute atomic E-state index is 13.2. The maximum atomic E-state index is 13.2. The van der Waals surface area contributed by atoms with Crippen LogP contribution in [0, 0.1) is 68.0 Å². The predicted molar refractivity (Wildman–Crippen MR) is 232 cm³/mol. The van der Waals surface area contributed by atoms with Crippen molar-refractivity contribution in [3.05, 3.63) is 12.2 Å². The molecule has 1 saturated heterocycles. The number of ether oxygens (including phenoxy) is 1. The average molecular weight is 792 g/mol. The summed E-state index contributed by atoms with van der Waals surface area (Å²) in [7, 11) is 0. The highest BCUT2D eigenvalue weighted by Gasteiger charge is 2.71. The first-order valence-corrected chi connectivity index (χ1v) is 24.1. The van der Waals surface area contributed by atoms with E-state index in [1.165, 1.54) is 135 Å². The lowest BCUT2D eigenvalue weighted by Crippen LogP contribution is -2.66. The van der Waals surface area contributed by atoms with Crippen LogP contribution in [0.2, 0.25) is 0 Å². The number of rotatable bonds is 13. The van der Waals surface area contributed by atoms with Crippen LogP contribution in [0.1, 0.15) is 165 Å². The third-order valence-corrected chi connectivity index (χ3v) is 19.7. The van der Waals surface area contributed by atoms with E-state index in [1.807, 2.05) is 0 Å². The van der Waals surface area contributed by atoms with Crippen LogP contribution >= 0.6 is 0 Å². The number of piperazine rings is 1. The fraction of sp³-hybridized carbons (Fsp3) is 0.920. The van der Waals surface area contributed by atoms with Crippen molar-refractivity contribution >= 4 is 11.9 Å². The zero-order chi connectivity index (χ0) is 41.0. The fourth-order valence-electron chi connectivity index (χ4n) is 16.2. The van der Waals surface area contributed by atoms with Crippen LogP contribution in [-0.2, 0) is 14.3 Å². The molecule has 7 nitrogen and oxygen atoms in total. The van der Waals surface area contributed by atoms with Crippen molar-refractivity contribution in [2.45, 2.75) is 171 Å². The highest BCUT2D eigenvalue weighted by molar-refractivity contribution is 5.81. The van der Waals surface area contributed by atoms with Gasteiger partial charge in [0.1, 0.15) is 6.10 Å². The normalized spacial score (nSPS) is 41.3. The van der Waals surface area contributed by atoms with Gasteiger partial charge in [0, 0.05) is 51.2 Å². The smallest absolute Gasteiger partial charge is 0.309 e. The van der Waals surface area contributed by atoms with Gasteiger partial charge in [-0.05, 0) is 168 Å². The average Bonchev–Trinajstić information content (AvgIpc) is 3.54. The monoisotopic (exact) mass is 792 g/mol. The standard InChI is InChI=1S/C50H85N3O4/c1-35(2)37-17-22-50(25-26-51-27-28-52-29-31-53(32-30-52)34-36-13-11-10-12-14-36)24-23-48(8)38(43(37)50)15-16-40-47(7)20-19-41(57-42(54)33-45(3,4)44(55)56)46(5,6)39(47)18-21-49(40,48)9/h36-41,43,51H,1,10-34H2,2-9H3,(H,55,56)/t37?,38-,39+,40-,41+,43-,47+,48-,49-,50-/m1/s1. The first-order chi connectivity index (χ1) is 26.9. The molecule has 1 heterocycles. The molecule has 7 fully saturated rings. The minimum atomic E-state index is -1.12. The summed E-state index contributed by atoms with van der Waals surface area (Å²) in [6, 6.07) is 0. The van der Waals surface area contributed by atoms with Gasteiger partial charge in [-0.25, -0.2) is 0 Å². The summed E-state index contributed by atoms with van der Waals surface area (Å²) in [5, 5.41) is 13.6. The molecule has 7 rings (SSSR count).